The fourth-order valence-electron chi connectivity index (χ4n) is 9.63. The fourth-order valence-corrected chi connectivity index (χ4v) is 10.4. The van der Waals surface area contributed by atoms with Crippen LogP contribution >= 0.6 is 7.82 Å². The van der Waals surface area contributed by atoms with Crippen molar-refractivity contribution in [2.45, 2.75) is 334 Å². The summed E-state index contributed by atoms with van der Waals surface area (Å²) in [7, 11) is 1.63. The standard InChI is InChI=1S/C61H123N2O6P/c1-6-8-10-12-14-16-18-20-22-24-26-27-28-29-30-31-32-33-34-35-36-37-38-40-42-44-46-48-50-52-54-60(64)59(58-69-70(66,67)68-57-56-63(3,4)5)62-61(65)55-53-51-49-47-45-43-41-39-25-23-21-19-17-15-13-11-9-7-2/h23,25,59-60,64H,6-22,24,26-58H2,1-5H3,(H-,62,65,66,67)/p+1/b25-23-. The molecule has 0 saturated carbocycles. The van der Waals surface area contributed by atoms with E-state index in [4.69, 9.17) is 9.05 Å². The van der Waals surface area contributed by atoms with Gasteiger partial charge in [0.2, 0.25) is 5.91 Å². The molecule has 0 rings (SSSR count). The van der Waals surface area contributed by atoms with Crippen molar-refractivity contribution in [1.29, 1.82) is 0 Å². The van der Waals surface area contributed by atoms with Gasteiger partial charge in [-0.25, -0.2) is 4.57 Å². The van der Waals surface area contributed by atoms with Crippen LogP contribution in [0.3, 0.4) is 0 Å². The smallest absolute Gasteiger partial charge is 0.391 e. The number of phosphoric ester groups is 1. The molecule has 0 saturated heterocycles. The zero-order valence-electron chi connectivity index (χ0n) is 47.8. The number of phosphoric acid groups is 1. The Morgan fingerprint density at radius 1 is 0.471 bits per heavy atom. The molecule has 418 valence electrons. The maximum absolute atomic E-state index is 13.0. The quantitative estimate of drug-likeness (QED) is 0.0243. The number of hydrogen-bond donors (Lipinski definition) is 3. The summed E-state index contributed by atoms with van der Waals surface area (Å²) in [6.45, 7) is 4.93. The summed E-state index contributed by atoms with van der Waals surface area (Å²) in [5.74, 6) is -0.143. The number of likely N-dealkylation sites (N-methyl/N-ethyl adjacent to an activating group) is 1. The lowest BCUT2D eigenvalue weighted by Crippen LogP contribution is -2.46. The van der Waals surface area contributed by atoms with Gasteiger partial charge in [0.15, 0.2) is 0 Å². The molecule has 0 bridgehead atoms. The maximum Gasteiger partial charge on any atom is 0.472 e. The molecule has 0 aliphatic heterocycles. The van der Waals surface area contributed by atoms with Gasteiger partial charge in [-0.1, -0.05) is 289 Å². The van der Waals surface area contributed by atoms with Crippen LogP contribution in [0.2, 0.25) is 0 Å². The number of aliphatic hydroxyl groups excluding tert-OH is 1. The van der Waals surface area contributed by atoms with Crippen molar-refractivity contribution in [2.75, 3.05) is 40.9 Å². The van der Waals surface area contributed by atoms with E-state index < -0.39 is 20.0 Å². The Bertz CT molecular complexity index is 1150. The van der Waals surface area contributed by atoms with Crippen LogP contribution in [0.5, 0.6) is 0 Å². The molecule has 3 unspecified atom stereocenters. The summed E-state index contributed by atoms with van der Waals surface area (Å²) in [4.78, 5) is 23.3. The minimum atomic E-state index is -4.32. The maximum atomic E-state index is 13.0. The molecule has 0 fully saturated rings. The third-order valence-electron chi connectivity index (χ3n) is 14.5. The van der Waals surface area contributed by atoms with E-state index in [0.717, 1.165) is 38.5 Å². The van der Waals surface area contributed by atoms with Gasteiger partial charge in [-0.3, -0.25) is 13.8 Å². The summed E-state index contributed by atoms with van der Waals surface area (Å²) < 4.78 is 23.8. The summed E-state index contributed by atoms with van der Waals surface area (Å²) >= 11 is 0. The predicted octanol–water partition coefficient (Wildman–Crippen LogP) is 19.0. The molecule has 8 nitrogen and oxygen atoms in total. The van der Waals surface area contributed by atoms with Crippen molar-refractivity contribution in [3.05, 3.63) is 12.2 Å². The Kier molecular flexibility index (Phi) is 52.5. The van der Waals surface area contributed by atoms with E-state index >= 15 is 0 Å². The Hall–Kier alpha value is -0.760. The molecule has 0 aromatic rings. The normalized spacial score (nSPS) is 13.9. The average Bonchev–Trinajstić information content (AvgIpc) is 3.32. The first-order valence-electron chi connectivity index (χ1n) is 31.1. The first-order valence-corrected chi connectivity index (χ1v) is 32.5. The topological polar surface area (TPSA) is 105 Å². The molecule has 0 spiro atoms. The van der Waals surface area contributed by atoms with Gasteiger partial charge >= 0.3 is 7.82 Å². The molecule has 0 aliphatic rings. The molecule has 0 aromatic carbocycles. The van der Waals surface area contributed by atoms with Crippen LogP contribution in [0.15, 0.2) is 12.2 Å². The summed E-state index contributed by atoms with van der Waals surface area (Å²) in [6.07, 6.45) is 65.7. The van der Waals surface area contributed by atoms with Crippen molar-refractivity contribution in [3.63, 3.8) is 0 Å². The molecule has 3 N–H and O–H groups in total. The number of hydrogen-bond acceptors (Lipinski definition) is 5. The third kappa shape index (κ3) is 55.0. The zero-order chi connectivity index (χ0) is 51.3. The highest BCUT2D eigenvalue weighted by molar-refractivity contribution is 7.47. The van der Waals surface area contributed by atoms with Crippen LogP contribution in [-0.2, 0) is 18.4 Å². The van der Waals surface area contributed by atoms with Gasteiger partial charge in [0.05, 0.1) is 39.9 Å². The van der Waals surface area contributed by atoms with Crippen molar-refractivity contribution in [2.24, 2.45) is 0 Å². The lowest BCUT2D eigenvalue weighted by atomic mass is 10.0. The summed E-state index contributed by atoms with van der Waals surface area (Å²) in [5.41, 5.74) is 0. The van der Waals surface area contributed by atoms with E-state index in [9.17, 15) is 19.4 Å². The van der Waals surface area contributed by atoms with Gasteiger partial charge in [0, 0.05) is 6.42 Å². The van der Waals surface area contributed by atoms with Crippen LogP contribution < -0.4 is 5.32 Å². The Morgan fingerprint density at radius 2 is 0.771 bits per heavy atom. The second-order valence-electron chi connectivity index (χ2n) is 22.8. The molecular weight excluding hydrogens is 888 g/mol. The lowest BCUT2D eigenvalue weighted by Gasteiger charge is -2.26. The van der Waals surface area contributed by atoms with E-state index in [1.807, 2.05) is 21.1 Å². The number of rotatable bonds is 58. The number of amides is 1. The van der Waals surface area contributed by atoms with Gasteiger partial charge in [0.1, 0.15) is 13.2 Å². The molecule has 0 heterocycles. The highest BCUT2D eigenvalue weighted by Gasteiger charge is 2.28. The van der Waals surface area contributed by atoms with Crippen LogP contribution in [0.1, 0.15) is 322 Å². The first kappa shape index (κ1) is 69.2. The Labute approximate surface area is 437 Å². The number of aliphatic hydroxyl groups is 1. The van der Waals surface area contributed by atoms with E-state index in [0.29, 0.717) is 23.9 Å². The minimum Gasteiger partial charge on any atom is -0.391 e. The van der Waals surface area contributed by atoms with Crippen LogP contribution in [0.4, 0.5) is 0 Å². The van der Waals surface area contributed by atoms with Gasteiger partial charge < -0.3 is 19.8 Å². The number of nitrogens with one attached hydrogen (secondary N) is 1. The molecule has 70 heavy (non-hydrogen) atoms. The van der Waals surface area contributed by atoms with E-state index in [-0.39, 0.29) is 19.1 Å². The predicted molar refractivity (Wildman–Crippen MR) is 305 cm³/mol. The SMILES string of the molecule is CCCCCCCCC/C=C\CCCCCCCCCC(=O)NC(COP(=O)(O)OCC[N+](C)(C)C)C(O)CCCCCCCCCCCCCCCCCCCCCCCCCCCCCCCC. The van der Waals surface area contributed by atoms with Crippen molar-refractivity contribution in [3.8, 4) is 0 Å². The average molecular weight is 1010 g/mol. The molecule has 3 atom stereocenters. The molecule has 0 radical (unpaired) electrons. The molecule has 1 amide bonds. The minimum absolute atomic E-state index is 0.0763. The molecule has 9 heteroatoms. The van der Waals surface area contributed by atoms with Crippen LogP contribution in [-0.4, -0.2) is 73.4 Å². The van der Waals surface area contributed by atoms with Gasteiger partial charge in [-0.2, -0.15) is 0 Å². The monoisotopic (exact) mass is 1010 g/mol. The Balaban J connectivity index is 4.04. The molecule has 0 aliphatic carbocycles. The second kappa shape index (κ2) is 53.1. The lowest BCUT2D eigenvalue weighted by molar-refractivity contribution is -0.870. The summed E-state index contributed by atoms with van der Waals surface area (Å²) in [6, 6.07) is -0.761. The fraction of sp³-hybridized carbons (Fsp3) is 0.951. The number of unbranched alkanes of at least 4 members (excludes halogenated alkanes) is 43. The van der Waals surface area contributed by atoms with Crippen LogP contribution in [0.25, 0.3) is 0 Å². The van der Waals surface area contributed by atoms with E-state index in [1.54, 1.807) is 0 Å². The summed E-state index contributed by atoms with van der Waals surface area (Å²) in [5, 5.41) is 14.1. The highest BCUT2D eigenvalue weighted by Crippen LogP contribution is 2.43. The van der Waals surface area contributed by atoms with Crippen molar-refractivity contribution >= 4 is 13.7 Å². The van der Waals surface area contributed by atoms with Crippen molar-refractivity contribution in [1.82, 2.24) is 5.32 Å². The number of quaternary nitrogens is 1. The van der Waals surface area contributed by atoms with Crippen LogP contribution in [0, 0.1) is 0 Å². The highest BCUT2D eigenvalue weighted by atomic mass is 31.2. The number of allylic oxidation sites excluding steroid dienone is 2. The Morgan fingerprint density at radius 3 is 1.10 bits per heavy atom. The first-order chi connectivity index (χ1) is 34.0. The largest absolute Gasteiger partial charge is 0.472 e. The van der Waals surface area contributed by atoms with Gasteiger partial charge in [0.25, 0.3) is 0 Å². The number of carbonyl (C=O) groups is 1. The van der Waals surface area contributed by atoms with E-state index in [1.165, 1.54) is 257 Å². The second-order valence-corrected chi connectivity index (χ2v) is 24.2. The molecule has 0 aromatic heterocycles. The van der Waals surface area contributed by atoms with Crippen molar-refractivity contribution < 1.29 is 32.9 Å². The molecular formula is C61H124N2O6P+. The number of carbonyl (C=O) groups excluding carboxylic acids is 1. The number of nitrogens with zero attached hydrogens (tertiary/aromatic N) is 1. The van der Waals surface area contributed by atoms with Gasteiger partial charge in [-0.15, -0.1) is 0 Å². The van der Waals surface area contributed by atoms with Gasteiger partial charge in [-0.05, 0) is 38.5 Å². The zero-order valence-corrected chi connectivity index (χ0v) is 48.7. The van der Waals surface area contributed by atoms with E-state index in [2.05, 4.69) is 31.3 Å². The third-order valence-corrected chi connectivity index (χ3v) is 15.5.